The van der Waals surface area contributed by atoms with Crippen molar-refractivity contribution < 1.29 is 28.5 Å². The van der Waals surface area contributed by atoms with Crippen molar-refractivity contribution in [3.8, 4) is 11.1 Å². The highest BCUT2D eigenvalue weighted by Gasteiger charge is 2.21. The van der Waals surface area contributed by atoms with Crippen LogP contribution in [-0.2, 0) is 30.3 Å². The SMILES string of the molecule is COCCOCOCC(CC1CCCCC1)OCc1ccc(C(=O)OC)c(-c2ccccc2C)c1. The molecule has 0 amide bonds. The molecule has 0 spiro atoms. The first-order valence-electron chi connectivity index (χ1n) is 12.7. The molecule has 6 nitrogen and oxygen atoms in total. The first-order valence-corrected chi connectivity index (χ1v) is 12.7. The van der Waals surface area contributed by atoms with Gasteiger partial charge in [-0.15, -0.1) is 0 Å². The molecule has 1 aliphatic carbocycles. The Bertz CT molecular complexity index is 906. The quantitative estimate of drug-likeness (QED) is 0.188. The van der Waals surface area contributed by atoms with Crippen molar-refractivity contribution in [2.24, 2.45) is 5.92 Å². The summed E-state index contributed by atoms with van der Waals surface area (Å²) in [6.45, 7) is 4.29. The Hall–Kier alpha value is -2.25. The van der Waals surface area contributed by atoms with Gasteiger partial charge in [0.15, 0.2) is 0 Å². The van der Waals surface area contributed by atoms with Crippen molar-refractivity contribution in [3.05, 3.63) is 59.2 Å². The normalized spacial score (nSPS) is 15.2. The van der Waals surface area contributed by atoms with E-state index < -0.39 is 0 Å². The van der Waals surface area contributed by atoms with Crippen molar-refractivity contribution in [2.75, 3.05) is 40.8 Å². The number of hydrogen-bond donors (Lipinski definition) is 0. The van der Waals surface area contributed by atoms with Crippen LogP contribution in [0.5, 0.6) is 0 Å². The summed E-state index contributed by atoms with van der Waals surface area (Å²) in [7, 11) is 3.07. The highest BCUT2D eigenvalue weighted by molar-refractivity contribution is 5.97. The maximum absolute atomic E-state index is 12.4. The Labute approximate surface area is 209 Å². The molecule has 3 rings (SSSR count). The van der Waals surface area contributed by atoms with Crippen LogP contribution in [0, 0.1) is 12.8 Å². The van der Waals surface area contributed by atoms with Gasteiger partial charge in [-0.2, -0.15) is 0 Å². The number of aryl methyl sites for hydroxylation is 1. The summed E-state index contributed by atoms with van der Waals surface area (Å²) in [5.41, 5.74) is 4.56. The molecule has 6 heteroatoms. The van der Waals surface area contributed by atoms with Gasteiger partial charge in [-0.05, 0) is 53.6 Å². The number of methoxy groups -OCH3 is 2. The van der Waals surface area contributed by atoms with Crippen molar-refractivity contribution in [1.82, 2.24) is 0 Å². The van der Waals surface area contributed by atoms with Crippen LogP contribution in [0.4, 0.5) is 0 Å². The van der Waals surface area contributed by atoms with Crippen LogP contribution in [0.3, 0.4) is 0 Å². The minimum atomic E-state index is -0.340. The van der Waals surface area contributed by atoms with Crippen molar-refractivity contribution in [1.29, 1.82) is 0 Å². The van der Waals surface area contributed by atoms with Gasteiger partial charge < -0.3 is 23.7 Å². The van der Waals surface area contributed by atoms with Crippen LogP contribution in [0.15, 0.2) is 42.5 Å². The van der Waals surface area contributed by atoms with Crippen LogP contribution in [0.2, 0.25) is 0 Å². The third-order valence-electron chi connectivity index (χ3n) is 6.63. The maximum atomic E-state index is 12.4. The second-order valence-electron chi connectivity index (χ2n) is 9.25. The molecule has 0 heterocycles. The average molecular weight is 485 g/mol. The predicted octanol–water partition coefficient (Wildman–Crippen LogP) is 5.94. The van der Waals surface area contributed by atoms with E-state index in [4.69, 9.17) is 23.7 Å². The van der Waals surface area contributed by atoms with Gasteiger partial charge in [0.2, 0.25) is 0 Å². The third-order valence-corrected chi connectivity index (χ3v) is 6.63. The summed E-state index contributed by atoms with van der Waals surface area (Å²) in [5.74, 6) is 0.337. The van der Waals surface area contributed by atoms with E-state index in [0.717, 1.165) is 28.7 Å². The second kappa shape index (κ2) is 15.0. The molecule has 1 aliphatic rings. The number of rotatable bonds is 14. The lowest BCUT2D eigenvalue weighted by atomic mass is 9.85. The summed E-state index contributed by atoms with van der Waals surface area (Å²) in [6, 6.07) is 13.9. The molecule has 0 bridgehead atoms. The molecule has 0 radical (unpaired) electrons. The fourth-order valence-corrected chi connectivity index (χ4v) is 4.70. The van der Waals surface area contributed by atoms with Crippen LogP contribution < -0.4 is 0 Å². The van der Waals surface area contributed by atoms with Crippen molar-refractivity contribution in [2.45, 2.75) is 58.2 Å². The summed E-state index contributed by atoms with van der Waals surface area (Å²) >= 11 is 0. The van der Waals surface area contributed by atoms with Gasteiger partial charge in [-0.25, -0.2) is 4.79 Å². The van der Waals surface area contributed by atoms with Crippen molar-refractivity contribution >= 4 is 5.97 Å². The van der Waals surface area contributed by atoms with E-state index in [2.05, 4.69) is 0 Å². The topological polar surface area (TPSA) is 63.2 Å². The second-order valence-corrected chi connectivity index (χ2v) is 9.25. The zero-order valence-corrected chi connectivity index (χ0v) is 21.4. The van der Waals surface area contributed by atoms with E-state index in [0.29, 0.717) is 37.9 Å². The highest BCUT2D eigenvalue weighted by atomic mass is 16.7. The molecule has 0 N–H and O–H groups in total. The lowest BCUT2D eigenvalue weighted by Crippen LogP contribution is -2.25. The predicted molar refractivity (Wildman–Crippen MR) is 136 cm³/mol. The van der Waals surface area contributed by atoms with Crippen LogP contribution in [-0.4, -0.2) is 52.9 Å². The van der Waals surface area contributed by atoms with Crippen LogP contribution in [0.25, 0.3) is 11.1 Å². The van der Waals surface area contributed by atoms with Gasteiger partial charge in [0.25, 0.3) is 0 Å². The molecule has 2 aromatic rings. The van der Waals surface area contributed by atoms with Crippen molar-refractivity contribution in [3.63, 3.8) is 0 Å². The summed E-state index contributed by atoms with van der Waals surface area (Å²) < 4.78 is 27.7. The van der Waals surface area contributed by atoms with E-state index in [1.165, 1.54) is 39.2 Å². The molecule has 0 aliphatic heterocycles. The van der Waals surface area contributed by atoms with Gasteiger partial charge in [-0.3, -0.25) is 0 Å². The summed E-state index contributed by atoms with van der Waals surface area (Å²) in [6.07, 6.45) is 7.43. The minimum absolute atomic E-state index is 0.00804. The van der Waals surface area contributed by atoms with Crippen LogP contribution >= 0.6 is 0 Å². The number of carbonyl (C=O) groups excluding carboxylic acids is 1. The Morgan fingerprint density at radius 2 is 1.77 bits per heavy atom. The zero-order chi connectivity index (χ0) is 24.9. The van der Waals surface area contributed by atoms with Gasteiger partial charge >= 0.3 is 5.97 Å². The Balaban J connectivity index is 1.69. The Morgan fingerprint density at radius 3 is 2.51 bits per heavy atom. The first-order chi connectivity index (χ1) is 17.1. The van der Waals surface area contributed by atoms with E-state index >= 15 is 0 Å². The number of hydrogen-bond acceptors (Lipinski definition) is 6. The van der Waals surface area contributed by atoms with E-state index in [9.17, 15) is 4.79 Å². The Morgan fingerprint density at radius 1 is 0.971 bits per heavy atom. The van der Waals surface area contributed by atoms with Gasteiger partial charge in [0.05, 0.1) is 45.2 Å². The molecule has 35 heavy (non-hydrogen) atoms. The molecule has 192 valence electrons. The van der Waals surface area contributed by atoms with E-state index in [1.54, 1.807) is 7.11 Å². The standard InChI is InChI=1S/C29H40O6/c1-22-9-7-8-12-26(22)28-18-24(13-14-27(28)29(30)32-3)19-35-25(17-23-10-5-4-6-11-23)20-34-21-33-16-15-31-2/h7-9,12-14,18,23,25H,4-6,10-11,15-17,19-21H2,1-3H3. The third kappa shape index (κ3) is 8.73. The summed E-state index contributed by atoms with van der Waals surface area (Å²) in [4.78, 5) is 12.4. The molecule has 1 unspecified atom stereocenters. The smallest absolute Gasteiger partial charge is 0.338 e. The molecule has 1 fully saturated rings. The fraction of sp³-hybridized carbons (Fsp3) is 0.552. The molecular weight excluding hydrogens is 444 g/mol. The molecule has 0 saturated heterocycles. The van der Waals surface area contributed by atoms with Gasteiger partial charge in [0.1, 0.15) is 6.79 Å². The zero-order valence-electron chi connectivity index (χ0n) is 21.4. The van der Waals surface area contributed by atoms with Gasteiger partial charge in [0, 0.05) is 7.11 Å². The number of ether oxygens (including phenoxy) is 5. The molecule has 1 saturated carbocycles. The summed E-state index contributed by atoms with van der Waals surface area (Å²) in [5, 5.41) is 0. The Kier molecular flexibility index (Phi) is 11.7. The fourth-order valence-electron chi connectivity index (χ4n) is 4.70. The van der Waals surface area contributed by atoms with E-state index in [1.807, 2.05) is 49.4 Å². The molecule has 1 atom stereocenters. The maximum Gasteiger partial charge on any atom is 0.338 e. The number of esters is 1. The molecular formula is C29H40O6. The first kappa shape index (κ1) is 27.3. The van der Waals surface area contributed by atoms with Crippen LogP contribution in [0.1, 0.15) is 60.0 Å². The average Bonchev–Trinajstić information content (AvgIpc) is 2.89. The largest absolute Gasteiger partial charge is 0.465 e. The monoisotopic (exact) mass is 484 g/mol. The van der Waals surface area contributed by atoms with Gasteiger partial charge in [-0.1, -0.05) is 62.4 Å². The van der Waals surface area contributed by atoms with E-state index in [-0.39, 0.29) is 18.9 Å². The lowest BCUT2D eigenvalue weighted by molar-refractivity contribution is -0.106. The molecule has 0 aromatic heterocycles. The highest BCUT2D eigenvalue weighted by Crippen LogP contribution is 2.30. The lowest BCUT2D eigenvalue weighted by Gasteiger charge is -2.27. The number of benzene rings is 2. The minimum Gasteiger partial charge on any atom is -0.465 e. The molecule has 2 aromatic carbocycles. The number of carbonyl (C=O) groups is 1.